The van der Waals surface area contributed by atoms with Crippen LogP contribution in [-0.4, -0.2) is 26.2 Å². The Morgan fingerprint density at radius 3 is 2.87 bits per heavy atom. The van der Waals surface area contributed by atoms with Crippen LogP contribution in [0.2, 0.25) is 0 Å². The molecule has 15 heavy (non-hydrogen) atoms. The number of aromatic nitrogens is 1. The summed E-state index contributed by atoms with van der Waals surface area (Å²) >= 11 is 0. The Bertz CT molecular complexity index is 492. The second-order valence-corrected chi connectivity index (χ2v) is 4.82. The molecule has 0 saturated carbocycles. The topological polar surface area (TPSA) is 100 Å². The molecule has 0 fully saturated rings. The smallest absolute Gasteiger partial charge is 0.248 e. The lowest BCUT2D eigenvalue weighted by Gasteiger charge is -2.18. The van der Waals surface area contributed by atoms with Crippen LogP contribution in [-0.2, 0) is 10.0 Å². The van der Waals surface area contributed by atoms with Gasteiger partial charge in [-0.15, -0.1) is 0 Å². The molecule has 0 aliphatic rings. The van der Waals surface area contributed by atoms with Gasteiger partial charge in [-0.3, -0.25) is 9.29 Å². The molecule has 0 unspecified atom stereocenters. The number of sulfonamides is 1. The van der Waals surface area contributed by atoms with E-state index >= 15 is 0 Å². The molecule has 1 rings (SSSR count). The molecular formula is C8H10N4O2S. The highest BCUT2D eigenvalue weighted by atomic mass is 32.2. The molecule has 0 aliphatic heterocycles. The third kappa shape index (κ3) is 2.35. The van der Waals surface area contributed by atoms with Crippen LogP contribution < -0.4 is 10.0 Å². The van der Waals surface area contributed by atoms with Crippen LogP contribution in [0.25, 0.3) is 0 Å². The zero-order chi connectivity index (χ0) is 11.5. The molecule has 1 aromatic rings. The van der Waals surface area contributed by atoms with Gasteiger partial charge in [0.15, 0.2) is 5.75 Å². The van der Waals surface area contributed by atoms with Gasteiger partial charge in [0.1, 0.15) is 0 Å². The van der Waals surface area contributed by atoms with Gasteiger partial charge in [0.25, 0.3) is 0 Å². The zero-order valence-corrected chi connectivity index (χ0v) is 8.90. The van der Waals surface area contributed by atoms with Crippen molar-refractivity contribution in [3.05, 3.63) is 18.5 Å². The van der Waals surface area contributed by atoms with E-state index in [1.165, 1.54) is 25.5 Å². The predicted molar refractivity (Wildman–Crippen MR) is 56.5 cm³/mol. The monoisotopic (exact) mass is 226 g/mol. The largest absolute Gasteiger partial charge is 0.396 e. The van der Waals surface area contributed by atoms with E-state index in [1.54, 1.807) is 6.07 Å². The van der Waals surface area contributed by atoms with Gasteiger partial charge in [0.2, 0.25) is 10.0 Å². The molecule has 80 valence electrons. The molecule has 0 bridgehead atoms. The van der Waals surface area contributed by atoms with Crippen molar-refractivity contribution >= 4 is 21.4 Å². The van der Waals surface area contributed by atoms with Crippen molar-refractivity contribution in [1.82, 2.24) is 4.98 Å². The van der Waals surface area contributed by atoms with E-state index < -0.39 is 15.8 Å². The maximum absolute atomic E-state index is 11.5. The number of rotatable bonds is 3. The number of hydrogen-bond donors (Lipinski definition) is 1. The lowest BCUT2D eigenvalue weighted by Crippen LogP contribution is -2.29. The van der Waals surface area contributed by atoms with E-state index in [4.69, 9.17) is 11.0 Å². The van der Waals surface area contributed by atoms with Crippen molar-refractivity contribution in [3.63, 3.8) is 0 Å². The van der Waals surface area contributed by atoms with Crippen molar-refractivity contribution in [3.8, 4) is 6.07 Å². The van der Waals surface area contributed by atoms with Crippen LogP contribution in [0.15, 0.2) is 18.5 Å². The number of nitrogen functional groups attached to an aromatic ring is 1. The van der Waals surface area contributed by atoms with Crippen LogP contribution in [0.1, 0.15) is 0 Å². The number of hydrogen-bond acceptors (Lipinski definition) is 5. The minimum Gasteiger partial charge on any atom is -0.396 e. The number of pyridine rings is 1. The Balaban J connectivity index is 3.12. The summed E-state index contributed by atoms with van der Waals surface area (Å²) in [5, 5.41) is 8.37. The first kappa shape index (κ1) is 11.3. The molecular weight excluding hydrogens is 216 g/mol. The standard InChI is InChI=1S/C8H10N4O2S/c1-12(15(13,14)5-3-9)8-2-4-11-6-7(8)10/h2,4,6H,5,10H2,1H3. The average Bonchev–Trinajstić information content (AvgIpc) is 2.17. The summed E-state index contributed by atoms with van der Waals surface area (Å²) in [5.74, 6) is -0.578. The highest BCUT2D eigenvalue weighted by molar-refractivity contribution is 7.93. The second kappa shape index (κ2) is 4.14. The Hall–Kier alpha value is -1.81. The van der Waals surface area contributed by atoms with Gasteiger partial charge < -0.3 is 5.73 Å². The highest BCUT2D eigenvalue weighted by Gasteiger charge is 2.19. The van der Waals surface area contributed by atoms with Crippen molar-refractivity contribution in [2.45, 2.75) is 0 Å². The molecule has 0 radical (unpaired) electrons. The van der Waals surface area contributed by atoms with Gasteiger partial charge in [-0.05, 0) is 6.07 Å². The van der Waals surface area contributed by atoms with Crippen LogP contribution >= 0.6 is 0 Å². The van der Waals surface area contributed by atoms with Gasteiger partial charge in [-0.2, -0.15) is 5.26 Å². The SMILES string of the molecule is CN(c1ccncc1N)S(=O)(=O)CC#N. The van der Waals surface area contributed by atoms with Crippen LogP contribution in [0.5, 0.6) is 0 Å². The lowest BCUT2D eigenvalue weighted by atomic mass is 10.3. The maximum atomic E-state index is 11.5. The van der Waals surface area contributed by atoms with E-state index in [9.17, 15) is 8.42 Å². The van der Waals surface area contributed by atoms with Gasteiger partial charge in [-0.25, -0.2) is 8.42 Å². The second-order valence-electron chi connectivity index (χ2n) is 2.82. The Kier molecular flexibility index (Phi) is 3.11. The van der Waals surface area contributed by atoms with Gasteiger partial charge in [-0.1, -0.05) is 0 Å². The summed E-state index contributed by atoms with van der Waals surface area (Å²) in [5.41, 5.74) is 6.13. The Labute approximate surface area is 88.0 Å². The quantitative estimate of drug-likeness (QED) is 0.779. The maximum Gasteiger partial charge on any atom is 0.248 e. The van der Waals surface area contributed by atoms with Crippen molar-refractivity contribution in [2.75, 3.05) is 22.8 Å². The molecule has 1 aromatic heterocycles. The molecule has 2 N–H and O–H groups in total. The molecule has 1 heterocycles. The predicted octanol–water partition coefficient (Wildman–Crippen LogP) is -0.0466. The summed E-state index contributed by atoms with van der Waals surface area (Å²) in [6.45, 7) is 0. The van der Waals surface area contributed by atoms with Crippen molar-refractivity contribution in [2.24, 2.45) is 0 Å². The minimum atomic E-state index is -3.62. The Morgan fingerprint density at radius 2 is 2.33 bits per heavy atom. The first-order chi connectivity index (χ1) is 6.99. The molecule has 0 aliphatic carbocycles. The molecule has 7 heteroatoms. The number of nitrogens with zero attached hydrogens (tertiary/aromatic N) is 3. The fourth-order valence-electron chi connectivity index (χ4n) is 1.01. The van der Waals surface area contributed by atoms with Gasteiger partial charge in [0.05, 0.1) is 23.6 Å². The van der Waals surface area contributed by atoms with E-state index in [1.807, 2.05) is 0 Å². The third-order valence-electron chi connectivity index (χ3n) is 1.83. The first-order valence-corrected chi connectivity index (χ1v) is 5.63. The molecule has 0 aromatic carbocycles. The van der Waals surface area contributed by atoms with Crippen LogP contribution in [0.3, 0.4) is 0 Å². The van der Waals surface area contributed by atoms with E-state index in [0.29, 0.717) is 5.69 Å². The first-order valence-electron chi connectivity index (χ1n) is 4.02. The van der Waals surface area contributed by atoms with Gasteiger partial charge >= 0.3 is 0 Å². The minimum absolute atomic E-state index is 0.251. The third-order valence-corrected chi connectivity index (χ3v) is 3.36. The van der Waals surface area contributed by atoms with Crippen molar-refractivity contribution < 1.29 is 8.42 Å². The fourth-order valence-corrected chi connectivity index (χ4v) is 1.84. The summed E-state index contributed by atoms with van der Waals surface area (Å²) in [6, 6.07) is 3.07. The summed E-state index contributed by atoms with van der Waals surface area (Å²) in [4.78, 5) is 3.74. The number of anilines is 2. The van der Waals surface area contributed by atoms with Crippen LogP contribution in [0.4, 0.5) is 11.4 Å². The number of nitriles is 1. The van der Waals surface area contributed by atoms with Gasteiger partial charge in [0, 0.05) is 13.2 Å². The van der Waals surface area contributed by atoms with Crippen molar-refractivity contribution in [1.29, 1.82) is 5.26 Å². The molecule has 6 nitrogen and oxygen atoms in total. The fraction of sp³-hybridized carbons (Fsp3) is 0.250. The summed E-state index contributed by atoms with van der Waals surface area (Å²) in [6.07, 6.45) is 2.79. The highest BCUT2D eigenvalue weighted by Crippen LogP contribution is 2.22. The summed E-state index contributed by atoms with van der Waals surface area (Å²) in [7, 11) is -2.28. The number of nitrogens with two attached hydrogens (primary N) is 1. The van der Waals surface area contributed by atoms with E-state index in [2.05, 4.69) is 4.98 Å². The van der Waals surface area contributed by atoms with Crippen LogP contribution in [0, 0.1) is 11.3 Å². The summed E-state index contributed by atoms with van der Waals surface area (Å²) < 4.78 is 24.0. The van der Waals surface area contributed by atoms with E-state index in [-0.39, 0.29) is 5.69 Å². The normalized spacial score (nSPS) is 10.7. The molecule has 0 amide bonds. The lowest BCUT2D eigenvalue weighted by molar-refractivity contribution is 0.597. The molecule has 0 atom stereocenters. The average molecular weight is 226 g/mol. The molecule has 0 saturated heterocycles. The van der Waals surface area contributed by atoms with E-state index in [0.717, 1.165) is 4.31 Å². The zero-order valence-electron chi connectivity index (χ0n) is 8.08. The Morgan fingerprint density at radius 1 is 1.67 bits per heavy atom. The molecule has 0 spiro atoms.